The molecule has 3 N–H and O–H groups in total. The smallest absolute Gasteiger partial charge is 0.239 e. The van der Waals surface area contributed by atoms with E-state index in [1.807, 2.05) is 6.07 Å². The number of nitrogens with zero attached hydrogens (tertiary/aromatic N) is 1. The lowest BCUT2D eigenvalue weighted by Gasteiger charge is -2.17. The van der Waals surface area contributed by atoms with E-state index in [0.717, 1.165) is 31.5 Å². The summed E-state index contributed by atoms with van der Waals surface area (Å²) in [5, 5.41) is 3.20. The number of nitrogens with two attached hydrogens (primary N) is 1. The van der Waals surface area contributed by atoms with Gasteiger partial charge in [0, 0.05) is 19.3 Å². The first-order valence-electron chi connectivity index (χ1n) is 6.50. The zero-order valence-electron chi connectivity index (χ0n) is 11.1. The molecule has 0 spiro atoms. The molecular formula is C14H21N3O. The number of primary amides is 1. The van der Waals surface area contributed by atoms with Crippen molar-refractivity contribution in [3.63, 3.8) is 0 Å². The third-order valence-electron chi connectivity index (χ3n) is 3.45. The Labute approximate surface area is 108 Å². The van der Waals surface area contributed by atoms with Crippen LogP contribution in [0, 0.1) is 0 Å². The summed E-state index contributed by atoms with van der Waals surface area (Å²) >= 11 is 0. The molecule has 1 aliphatic heterocycles. The highest BCUT2D eigenvalue weighted by molar-refractivity contribution is 5.81. The lowest BCUT2D eigenvalue weighted by atomic mass is 10.0. The van der Waals surface area contributed by atoms with Gasteiger partial charge in [-0.3, -0.25) is 4.79 Å². The number of fused-ring (bicyclic) bond motifs is 1. The van der Waals surface area contributed by atoms with Gasteiger partial charge in [0.15, 0.2) is 0 Å². The van der Waals surface area contributed by atoms with E-state index in [0.29, 0.717) is 0 Å². The molecule has 4 nitrogen and oxygen atoms in total. The van der Waals surface area contributed by atoms with Gasteiger partial charge in [-0.1, -0.05) is 19.1 Å². The van der Waals surface area contributed by atoms with Gasteiger partial charge in [0.05, 0.1) is 0 Å². The zero-order valence-corrected chi connectivity index (χ0v) is 11.1. The monoisotopic (exact) mass is 247 g/mol. The Kier molecular flexibility index (Phi) is 3.87. The predicted octanol–water partition coefficient (Wildman–Crippen LogP) is 1.20. The second kappa shape index (κ2) is 5.40. The number of nitrogens with one attached hydrogen (secondary N) is 1. The molecule has 0 saturated carbocycles. The Morgan fingerprint density at radius 2 is 2.33 bits per heavy atom. The van der Waals surface area contributed by atoms with Crippen LogP contribution in [0.4, 0.5) is 5.69 Å². The maximum absolute atomic E-state index is 11.5. The standard InChI is InChI=1S/C14H21N3O/c1-3-7-16-13(14(15)18)11-4-5-12-10(9-11)6-8-17(12)2/h4-5,9,13,16H,3,6-8H2,1-2H3,(H2,15,18). The molecule has 0 fully saturated rings. The molecule has 1 aliphatic rings. The van der Waals surface area contributed by atoms with Gasteiger partial charge in [-0.25, -0.2) is 0 Å². The molecule has 4 heteroatoms. The largest absolute Gasteiger partial charge is 0.374 e. The summed E-state index contributed by atoms with van der Waals surface area (Å²) in [6.45, 7) is 3.91. The Balaban J connectivity index is 2.23. The highest BCUT2D eigenvalue weighted by atomic mass is 16.1. The second-order valence-corrected chi connectivity index (χ2v) is 4.85. The minimum atomic E-state index is -0.374. The van der Waals surface area contributed by atoms with E-state index in [2.05, 4.69) is 36.3 Å². The van der Waals surface area contributed by atoms with Gasteiger partial charge >= 0.3 is 0 Å². The second-order valence-electron chi connectivity index (χ2n) is 4.85. The van der Waals surface area contributed by atoms with Crippen molar-refractivity contribution in [3.05, 3.63) is 29.3 Å². The van der Waals surface area contributed by atoms with E-state index in [1.165, 1.54) is 11.3 Å². The normalized spacial score (nSPS) is 15.6. The molecule has 0 bridgehead atoms. The molecule has 1 unspecified atom stereocenters. The number of anilines is 1. The number of likely N-dealkylation sites (N-methyl/N-ethyl adjacent to an activating group) is 1. The summed E-state index contributed by atoms with van der Waals surface area (Å²) in [7, 11) is 2.09. The number of carbonyl (C=O) groups excluding carboxylic acids is 1. The Morgan fingerprint density at radius 3 is 3.00 bits per heavy atom. The van der Waals surface area contributed by atoms with E-state index >= 15 is 0 Å². The maximum Gasteiger partial charge on any atom is 0.239 e. The first-order valence-corrected chi connectivity index (χ1v) is 6.50. The molecule has 0 radical (unpaired) electrons. The average Bonchev–Trinajstić information content (AvgIpc) is 2.71. The molecule has 0 aromatic heterocycles. The summed E-state index contributed by atoms with van der Waals surface area (Å²) in [5.74, 6) is -0.310. The first-order chi connectivity index (χ1) is 8.63. The maximum atomic E-state index is 11.5. The van der Waals surface area contributed by atoms with E-state index in [-0.39, 0.29) is 11.9 Å². The summed E-state index contributed by atoms with van der Waals surface area (Å²) in [6.07, 6.45) is 2.02. The third-order valence-corrected chi connectivity index (χ3v) is 3.45. The molecule has 1 heterocycles. The third kappa shape index (κ3) is 2.48. The fraction of sp³-hybridized carbons (Fsp3) is 0.500. The molecule has 0 saturated heterocycles. The van der Waals surface area contributed by atoms with E-state index in [1.54, 1.807) is 0 Å². The van der Waals surface area contributed by atoms with Crippen LogP contribution in [0.2, 0.25) is 0 Å². The summed E-state index contributed by atoms with van der Waals surface area (Å²) in [6, 6.07) is 5.82. The van der Waals surface area contributed by atoms with Gasteiger partial charge in [0.25, 0.3) is 0 Å². The molecule has 1 atom stereocenters. The van der Waals surface area contributed by atoms with Gasteiger partial charge in [-0.15, -0.1) is 0 Å². The van der Waals surface area contributed by atoms with E-state index in [9.17, 15) is 4.79 Å². The van der Waals surface area contributed by atoms with Crippen molar-refractivity contribution in [3.8, 4) is 0 Å². The fourth-order valence-electron chi connectivity index (χ4n) is 2.44. The average molecular weight is 247 g/mol. The molecule has 98 valence electrons. The molecule has 1 aromatic rings. The van der Waals surface area contributed by atoms with Gasteiger partial charge in [0.2, 0.25) is 5.91 Å². The summed E-state index contributed by atoms with van der Waals surface area (Å²) in [5.41, 5.74) is 9.01. The van der Waals surface area contributed by atoms with Gasteiger partial charge in [-0.05, 0) is 36.6 Å². The van der Waals surface area contributed by atoms with Crippen molar-refractivity contribution in [2.75, 3.05) is 25.0 Å². The summed E-state index contributed by atoms with van der Waals surface area (Å²) in [4.78, 5) is 13.8. The van der Waals surface area contributed by atoms with Crippen molar-refractivity contribution >= 4 is 11.6 Å². The van der Waals surface area contributed by atoms with Crippen molar-refractivity contribution in [1.29, 1.82) is 0 Å². The number of hydrogen-bond acceptors (Lipinski definition) is 3. The lowest BCUT2D eigenvalue weighted by Crippen LogP contribution is -2.34. The first kappa shape index (κ1) is 12.9. The summed E-state index contributed by atoms with van der Waals surface area (Å²) < 4.78 is 0. The van der Waals surface area contributed by atoms with Crippen LogP contribution in [0.3, 0.4) is 0 Å². The minimum absolute atomic E-state index is 0.310. The molecule has 18 heavy (non-hydrogen) atoms. The molecule has 2 rings (SSSR count). The number of benzene rings is 1. The van der Waals surface area contributed by atoms with Crippen LogP contribution in [0.25, 0.3) is 0 Å². The Hall–Kier alpha value is -1.55. The fourth-order valence-corrected chi connectivity index (χ4v) is 2.44. The Bertz CT molecular complexity index is 445. The topological polar surface area (TPSA) is 58.4 Å². The number of amides is 1. The van der Waals surface area contributed by atoms with Crippen molar-refractivity contribution in [2.24, 2.45) is 5.73 Å². The number of hydrogen-bond donors (Lipinski definition) is 2. The highest BCUT2D eigenvalue weighted by Crippen LogP contribution is 2.29. The SMILES string of the molecule is CCCNC(C(N)=O)c1ccc2c(c1)CCN2C. The van der Waals surface area contributed by atoms with Crippen LogP contribution in [0.15, 0.2) is 18.2 Å². The zero-order chi connectivity index (χ0) is 13.1. The molecule has 0 aliphatic carbocycles. The lowest BCUT2D eigenvalue weighted by molar-refractivity contribution is -0.120. The molecular weight excluding hydrogens is 226 g/mol. The van der Waals surface area contributed by atoms with Gasteiger partial charge in [0.1, 0.15) is 6.04 Å². The van der Waals surface area contributed by atoms with Gasteiger partial charge < -0.3 is 16.0 Å². The predicted molar refractivity (Wildman–Crippen MR) is 73.6 cm³/mol. The Morgan fingerprint density at radius 1 is 1.56 bits per heavy atom. The van der Waals surface area contributed by atoms with E-state index in [4.69, 9.17) is 5.73 Å². The van der Waals surface area contributed by atoms with Crippen molar-refractivity contribution < 1.29 is 4.79 Å². The van der Waals surface area contributed by atoms with E-state index < -0.39 is 0 Å². The van der Waals surface area contributed by atoms with Crippen molar-refractivity contribution in [1.82, 2.24) is 5.32 Å². The highest BCUT2D eigenvalue weighted by Gasteiger charge is 2.21. The van der Waals surface area contributed by atoms with Crippen LogP contribution in [0.1, 0.15) is 30.5 Å². The van der Waals surface area contributed by atoms with Crippen molar-refractivity contribution in [2.45, 2.75) is 25.8 Å². The van der Waals surface area contributed by atoms with Crippen LogP contribution in [-0.2, 0) is 11.2 Å². The minimum Gasteiger partial charge on any atom is -0.374 e. The van der Waals surface area contributed by atoms with Crippen LogP contribution >= 0.6 is 0 Å². The quantitative estimate of drug-likeness (QED) is 0.822. The molecule has 1 aromatic carbocycles. The van der Waals surface area contributed by atoms with Crippen LogP contribution in [0.5, 0.6) is 0 Å². The van der Waals surface area contributed by atoms with Gasteiger partial charge in [-0.2, -0.15) is 0 Å². The van der Waals surface area contributed by atoms with Crippen LogP contribution in [-0.4, -0.2) is 26.0 Å². The molecule has 1 amide bonds. The number of carbonyl (C=O) groups is 1. The number of rotatable bonds is 5. The van der Waals surface area contributed by atoms with Crippen LogP contribution < -0.4 is 16.0 Å².